The van der Waals surface area contributed by atoms with Gasteiger partial charge in [-0.2, -0.15) is 0 Å². The largest absolute Gasteiger partial charge is 0.479 e. The summed E-state index contributed by atoms with van der Waals surface area (Å²) in [4.78, 5) is 21.4. The van der Waals surface area contributed by atoms with Crippen LogP contribution in [0.1, 0.15) is 27.2 Å². The van der Waals surface area contributed by atoms with E-state index in [1.54, 1.807) is 0 Å². The highest BCUT2D eigenvalue weighted by atomic mass is 16.5. The lowest BCUT2D eigenvalue weighted by molar-refractivity contribution is -0.150. The summed E-state index contributed by atoms with van der Waals surface area (Å²) in [5.41, 5.74) is 0. The number of carbonyl (C=O) groups excluding carboxylic acids is 1. The molecule has 0 spiro atoms. The van der Waals surface area contributed by atoms with Crippen LogP contribution in [0, 0.1) is 0 Å². The Balaban J connectivity index is 3.69. The molecule has 0 radical (unpaired) electrons. The van der Waals surface area contributed by atoms with Gasteiger partial charge in [0.25, 0.3) is 0 Å². The number of carboxylic acids is 1. The molecule has 2 unspecified atom stereocenters. The van der Waals surface area contributed by atoms with Gasteiger partial charge >= 0.3 is 5.97 Å². The summed E-state index contributed by atoms with van der Waals surface area (Å²) < 4.78 is 4.80. The van der Waals surface area contributed by atoms with Crippen molar-refractivity contribution >= 4 is 11.9 Å². The van der Waals surface area contributed by atoms with Gasteiger partial charge in [-0.1, -0.05) is 6.92 Å². The van der Waals surface area contributed by atoms with Crippen molar-refractivity contribution in [2.75, 3.05) is 6.61 Å². The summed E-state index contributed by atoms with van der Waals surface area (Å²) in [5, 5.41) is 11.1. The fourth-order valence-electron chi connectivity index (χ4n) is 0.691. The molecule has 0 aliphatic heterocycles. The van der Waals surface area contributed by atoms with E-state index in [4.69, 9.17) is 9.84 Å². The van der Waals surface area contributed by atoms with E-state index in [1.807, 2.05) is 13.8 Å². The van der Waals surface area contributed by atoms with Crippen molar-refractivity contribution in [1.29, 1.82) is 0 Å². The Labute approximate surface area is 83.4 Å². The molecule has 0 aliphatic carbocycles. The third-order valence-electron chi connectivity index (χ3n) is 1.83. The van der Waals surface area contributed by atoms with Crippen LogP contribution in [0.15, 0.2) is 0 Å². The zero-order chi connectivity index (χ0) is 11.1. The van der Waals surface area contributed by atoms with Crippen LogP contribution in [0.5, 0.6) is 0 Å². The molecule has 0 aromatic rings. The van der Waals surface area contributed by atoms with Crippen molar-refractivity contribution in [2.45, 2.75) is 39.3 Å². The smallest absolute Gasteiger partial charge is 0.332 e. The Kier molecular flexibility index (Phi) is 5.87. The van der Waals surface area contributed by atoms with Crippen LogP contribution in [0.3, 0.4) is 0 Å². The lowest BCUT2D eigenvalue weighted by Gasteiger charge is -2.12. The SMILES string of the molecule is CCC(C)NC(=O)COC(C)C(=O)O. The Morgan fingerprint density at radius 1 is 1.43 bits per heavy atom. The molecule has 0 heterocycles. The van der Waals surface area contributed by atoms with Crippen LogP contribution in [0.25, 0.3) is 0 Å². The van der Waals surface area contributed by atoms with Gasteiger partial charge in [-0.15, -0.1) is 0 Å². The second-order valence-electron chi connectivity index (χ2n) is 3.17. The average molecular weight is 203 g/mol. The number of hydrogen-bond donors (Lipinski definition) is 2. The summed E-state index contributed by atoms with van der Waals surface area (Å²) in [7, 11) is 0. The molecule has 14 heavy (non-hydrogen) atoms. The van der Waals surface area contributed by atoms with E-state index in [0.29, 0.717) is 0 Å². The minimum absolute atomic E-state index is 0.0891. The minimum atomic E-state index is -1.07. The molecule has 82 valence electrons. The van der Waals surface area contributed by atoms with Crippen LogP contribution in [-0.2, 0) is 14.3 Å². The predicted octanol–water partition coefficient (Wildman–Crippen LogP) is 0.391. The van der Waals surface area contributed by atoms with E-state index in [2.05, 4.69) is 5.32 Å². The molecular formula is C9H17NO4. The first-order valence-corrected chi connectivity index (χ1v) is 4.61. The Hall–Kier alpha value is -1.10. The molecule has 1 amide bonds. The zero-order valence-electron chi connectivity index (χ0n) is 8.74. The first-order chi connectivity index (χ1) is 6.47. The minimum Gasteiger partial charge on any atom is -0.479 e. The van der Waals surface area contributed by atoms with Crippen molar-refractivity contribution in [3.05, 3.63) is 0 Å². The van der Waals surface area contributed by atoms with Crippen LogP contribution in [-0.4, -0.2) is 35.7 Å². The van der Waals surface area contributed by atoms with Crippen LogP contribution in [0.2, 0.25) is 0 Å². The first kappa shape index (κ1) is 12.9. The number of aliphatic carboxylic acids is 1. The standard InChI is InChI=1S/C9H17NO4/c1-4-6(2)10-8(11)5-14-7(3)9(12)13/h6-7H,4-5H2,1-3H3,(H,10,11)(H,12,13). The molecule has 5 nitrogen and oxygen atoms in total. The van der Waals surface area contributed by atoms with Crippen LogP contribution >= 0.6 is 0 Å². The first-order valence-electron chi connectivity index (χ1n) is 4.61. The number of carboxylic acid groups (broad SMARTS) is 1. The van der Waals surface area contributed by atoms with Crippen molar-refractivity contribution in [1.82, 2.24) is 5.32 Å². The second kappa shape index (κ2) is 6.37. The molecule has 2 N–H and O–H groups in total. The van der Waals surface area contributed by atoms with Crippen molar-refractivity contribution in [2.24, 2.45) is 0 Å². The number of rotatable bonds is 6. The maximum absolute atomic E-state index is 11.1. The van der Waals surface area contributed by atoms with Crippen LogP contribution < -0.4 is 5.32 Å². The molecule has 0 aromatic carbocycles. The fourth-order valence-corrected chi connectivity index (χ4v) is 0.691. The van der Waals surface area contributed by atoms with Gasteiger partial charge in [0.15, 0.2) is 6.10 Å². The van der Waals surface area contributed by atoms with E-state index in [1.165, 1.54) is 6.92 Å². The van der Waals surface area contributed by atoms with E-state index in [9.17, 15) is 9.59 Å². The van der Waals surface area contributed by atoms with Gasteiger partial charge in [0.1, 0.15) is 6.61 Å². The van der Waals surface area contributed by atoms with Crippen molar-refractivity contribution in [3.8, 4) is 0 Å². The van der Waals surface area contributed by atoms with Gasteiger partial charge in [-0.05, 0) is 20.3 Å². The summed E-state index contributed by atoms with van der Waals surface area (Å²) >= 11 is 0. The third kappa shape index (κ3) is 5.53. The molecule has 2 atom stereocenters. The fraction of sp³-hybridized carbons (Fsp3) is 0.778. The molecular weight excluding hydrogens is 186 g/mol. The van der Waals surface area contributed by atoms with Gasteiger partial charge in [0, 0.05) is 6.04 Å². The summed E-state index contributed by atoms with van der Waals surface area (Å²) in [6.07, 6.45) is -0.113. The number of carbonyl (C=O) groups is 2. The Morgan fingerprint density at radius 2 is 2.00 bits per heavy atom. The maximum Gasteiger partial charge on any atom is 0.332 e. The molecule has 0 bridgehead atoms. The highest BCUT2D eigenvalue weighted by molar-refractivity contribution is 5.78. The second-order valence-corrected chi connectivity index (χ2v) is 3.17. The van der Waals surface area contributed by atoms with E-state index >= 15 is 0 Å². The van der Waals surface area contributed by atoms with Gasteiger partial charge < -0.3 is 15.2 Å². The number of amides is 1. The monoisotopic (exact) mass is 203 g/mol. The van der Waals surface area contributed by atoms with Gasteiger partial charge in [0.05, 0.1) is 0 Å². The highest BCUT2D eigenvalue weighted by Crippen LogP contribution is 1.92. The number of ether oxygens (including phenoxy) is 1. The lowest BCUT2D eigenvalue weighted by atomic mass is 10.2. The molecule has 0 saturated carbocycles. The van der Waals surface area contributed by atoms with E-state index < -0.39 is 12.1 Å². The number of hydrogen-bond acceptors (Lipinski definition) is 3. The van der Waals surface area contributed by atoms with E-state index in [0.717, 1.165) is 6.42 Å². The van der Waals surface area contributed by atoms with Crippen molar-refractivity contribution < 1.29 is 19.4 Å². The van der Waals surface area contributed by atoms with Gasteiger partial charge in [-0.3, -0.25) is 4.79 Å². The Bertz CT molecular complexity index is 205. The number of nitrogens with one attached hydrogen (secondary N) is 1. The quantitative estimate of drug-likeness (QED) is 0.654. The maximum atomic E-state index is 11.1. The lowest BCUT2D eigenvalue weighted by Crippen LogP contribution is -2.36. The van der Waals surface area contributed by atoms with Crippen molar-refractivity contribution in [3.63, 3.8) is 0 Å². The molecule has 0 aliphatic rings. The molecule has 0 fully saturated rings. The topological polar surface area (TPSA) is 75.6 Å². The molecule has 0 saturated heterocycles. The Morgan fingerprint density at radius 3 is 2.43 bits per heavy atom. The summed E-state index contributed by atoms with van der Waals surface area (Å²) in [5.74, 6) is -1.35. The van der Waals surface area contributed by atoms with Gasteiger partial charge in [0.2, 0.25) is 5.91 Å². The molecule has 0 rings (SSSR count). The zero-order valence-corrected chi connectivity index (χ0v) is 8.74. The molecule has 0 aromatic heterocycles. The van der Waals surface area contributed by atoms with Crippen LogP contribution in [0.4, 0.5) is 0 Å². The summed E-state index contributed by atoms with van der Waals surface area (Å²) in [6.45, 7) is 5.00. The summed E-state index contributed by atoms with van der Waals surface area (Å²) in [6, 6.07) is 0.0891. The van der Waals surface area contributed by atoms with E-state index in [-0.39, 0.29) is 18.6 Å². The normalized spacial score (nSPS) is 14.5. The van der Waals surface area contributed by atoms with Gasteiger partial charge in [-0.25, -0.2) is 4.79 Å². The molecule has 5 heteroatoms. The highest BCUT2D eigenvalue weighted by Gasteiger charge is 2.13. The predicted molar refractivity (Wildman–Crippen MR) is 50.9 cm³/mol. The third-order valence-corrected chi connectivity index (χ3v) is 1.83. The average Bonchev–Trinajstić information content (AvgIpc) is 2.13.